The van der Waals surface area contributed by atoms with Crippen molar-refractivity contribution in [2.45, 2.75) is 13.5 Å². The van der Waals surface area contributed by atoms with Gasteiger partial charge in [0.15, 0.2) is 5.76 Å². The summed E-state index contributed by atoms with van der Waals surface area (Å²) in [6, 6.07) is 12.8. The summed E-state index contributed by atoms with van der Waals surface area (Å²) in [5.41, 5.74) is 2.73. The van der Waals surface area contributed by atoms with Crippen LogP contribution in [0.1, 0.15) is 21.6 Å². The van der Waals surface area contributed by atoms with Crippen LogP contribution >= 0.6 is 22.9 Å². The number of carbonyl (C=O) groups is 1. The fraction of sp³-hybridized carbons (Fsp3) is 0.100. The Morgan fingerprint density at radius 1 is 1.26 bits per heavy atom. The van der Waals surface area contributed by atoms with E-state index in [1.54, 1.807) is 17.5 Å². The van der Waals surface area contributed by atoms with Crippen molar-refractivity contribution in [2.24, 2.45) is 0 Å². The minimum absolute atomic E-state index is 0.251. The molecule has 0 atom stereocenters. The fourth-order valence-electron chi connectivity index (χ4n) is 2.77. The molecule has 0 unspecified atom stereocenters. The van der Waals surface area contributed by atoms with Gasteiger partial charge in [-0.25, -0.2) is 4.79 Å². The van der Waals surface area contributed by atoms with Crippen molar-refractivity contribution in [1.29, 1.82) is 0 Å². The second kappa shape index (κ2) is 7.06. The van der Waals surface area contributed by atoms with Gasteiger partial charge in [0.25, 0.3) is 0 Å². The summed E-state index contributed by atoms with van der Waals surface area (Å²) in [7, 11) is 0. The lowest BCUT2D eigenvalue weighted by molar-refractivity contribution is 0.0699. The number of ether oxygens (including phenoxy) is 1. The van der Waals surface area contributed by atoms with Crippen molar-refractivity contribution in [3.63, 3.8) is 0 Å². The van der Waals surface area contributed by atoms with Crippen molar-refractivity contribution in [1.82, 2.24) is 5.16 Å². The number of nitrogens with zero attached hydrogens (tertiary/aromatic N) is 1. The lowest BCUT2D eigenvalue weighted by Gasteiger charge is -2.08. The van der Waals surface area contributed by atoms with Gasteiger partial charge in [0.1, 0.15) is 18.1 Å². The number of aryl methyl sites for hydroxylation is 1. The first-order valence-corrected chi connectivity index (χ1v) is 9.36. The van der Waals surface area contributed by atoms with Gasteiger partial charge in [0.05, 0.1) is 5.56 Å². The molecule has 4 aromatic rings. The maximum atomic E-state index is 11.3. The van der Waals surface area contributed by atoms with E-state index in [9.17, 15) is 9.90 Å². The SMILES string of the molecule is Cc1cc2c(C(=O)O)csc2cc1OCc1cc(-c2ccc(Cl)cc2)on1. The van der Waals surface area contributed by atoms with Gasteiger partial charge < -0.3 is 14.4 Å². The summed E-state index contributed by atoms with van der Waals surface area (Å²) in [4.78, 5) is 11.3. The largest absolute Gasteiger partial charge is 0.487 e. The molecule has 0 aliphatic heterocycles. The number of benzene rings is 2. The van der Waals surface area contributed by atoms with Crippen LogP contribution in [0.2, 0.25) is 5.02 Å². The van der Waals surface area contributed by atoms with Crippen LogP contribution in [-0.4, -0.2) is 16.2 Å². The second-order valence-electron chi connectivity index (χ2n) is 6.05. The molecule has 0 radical (unpaired) electrons. The molecule has 0 amide bonds. The number of hydrogen-bond donors (Lipinski definition) is 1. The monoisotopic (exact) mass is 399 g/mol. The number of carboxylic acid groups (broad SMARTS) is 1. The van der Waals surface area contributed by atoms with E-state index in [0.717, 1.165) is 21.2 Å². The van der Waals surface area contributed by atoms with Gasteiger partial charge in [-0.2, -0.15) is 0 Å². The normalized spacial score (nSPS) is 11.0. The highest BCUT2D eigenvalue weighted by Gasteiger charge is 2.14. The first-order chi connectivity index (χ1) is 13.0. The van der Waals surface area contributed by atoms with E-state index >= 15 is 0 Å². The van der Waals surface area contributed by atoms with Gasteiger partial charge in [-0.1, -0.05) is 16.8 Å². The maximum absolute atomic E-state index is 11.3. The molecule has 0 saturated heterocycles. The highest BCUT2D eigenvalue weighted by molar-refractivity contribution is 7.17. The molecular formula is C20H14ClNO4S. The molecule has 2 aromatic heterocycles. The van der Waals surface area contributed by atoms with Crippen LogP contribution in [0.5, 0.6) is 5.75 Å². The summed E-state index contributed by atoms with van der Waals surface area (Å²) in [6.45, 7) is 2.14. The highest BCUT2D eigenvalue weighted by Crippen LogP contribution is 2.33. The summed E-state index contributed by atoms with van der Waals surface area (Å²) < 4.78 is 12.1. The molecule has 0 aliphatic rings. The number of thiophene rings is 1. The van der Waals surface area contributed by atoms with E-state index < -0.39 is 5.97 Å². The van der Waals surface area contributed by atoms with Crippen LogP contribution in [0.15, 0.2) is 52.4 Å². The fourth-order valence-corrected chi connectivity index (χ4v) is 3.84. The molecule has 0 spiro atoms. The van der Waals surface area contributed by atoms with Gasteiger partial charge in [-0.15, -0.1) is 11.3 Å². The Hall–Kier alpha value is -2.83. The third kappa shape index (κ3) is 3.54. The number of carboxylic acids is 1. The van der Waals surface area contributed by atoms with Gasteiger partial charge in [-0.3, -0.25) is 0 Å². The zero-order chi connectivity index (χ0) is 19.0. The van der Waals surface area contributed by atoms with Crippen molar-refractivity contribution in [3.8, 4) is 17.1 Å². The zero-order valence-electron chi connectivity index (χ0n) is 14.2. The summed E-state index contributed by atoms with van der Waals surface area (Å²) in [5, 5.41) is 16.3. The Labute approximate surface area is 163 Å². The molecule has 7 heteroatoms. The number of hydrogen-bond acceptors (Lipinski definition) is 5. The topological polar surface area (TPSA) is 72.6 Å². The number of aromatic nitrogens is 1. The van der Waals surface area contributed by atoms with E-state index in [-0.39, 0.29) is 6.61 Å². The van der Waals surface area contributed by atoms with E-state index in [0.29, 0.717) is 27.8 Å². The van der Waals surface area contributed by atoms with Crippen LogP contribution in [-0.2, 0) is 6.61 Å². The van der Waals surface area contributed by atoms with Gasteiger partial charge in [0, 0.05) is 32.1 Å². The molecule has 0 saturated carbocycles. The summed E-state index contributed by atoms with van der Waals surface area (Å²) in [5.74, 6) is 0.408. The van der Waals surface area contributed by atoms with Gasteiger partial charge >= 0.3 is 5.97 Å². The standard InChI is InChI=1S/C20H14ClNO4S/c1-11-6-15-16(20(23)24)10-27-19(15)8-17(11)25-9-14-7-18(26-22-14)12-2-4-13(21)5-3-12/h2-8,10H,9H2,1H3,(H,23,24). The molecule has 5 nitrogen and oxygen atoms in total. The quantitative estimate of drug-likeness (QED) is 0.459. The first kappa shape index (κ1) is 17.6. The van der Waals surface area contributed by atoms with Crippen molar-refractivity contribution >= 4 is 39.0 Å². The molecule has 2 aromatic carbocycles. The molecule has 27 heavy (non-hydrogen) atoms. The molecule has 2 heterocycles. The predicted molar refractivity (Wildman–Crippen MR) is 105 cm³/mol. The van der Waals surface area contributed by atoms with Crippen LogP contribution in [0.4, 0.5) is 0 Å². The summed E-state index contributed by atoms with van der Waals surface area (Å²) in [6.07, 6.45) is 0. The Bertz CT molecular complexity index is 1130. The highest BCUT2D eigenvalue weighted by atomic mass is 35.5. The van der Waals surface area contributed by atoms with Crippen LogP contribution in [0, 0.1) is 6.92 Å². The minimum Gasteiger partial charge on any atom is -0.487 e. The average Bonchev–Trinajstić information content (AvgIpc) is 3.27. The van der Waals surface area contributed by atoms with E-state index in [1.807, 2.05) is 37.3 Å². The van der Waals surface area contributed by atoms with Gasteiger partial charge in [0.2, 0.25) is 0 Å². The number of fused-ring (bicyclic) bond motifs is 1. The van der Waals surface area contributed by atoms with Crippen molar-refractivity contribution in [3.05, 3.63) is 69.7 Å². The van der Waals surface area contributed by atoms with Crippen molar-refractivity contribution < 1.29 is 19.2 Å². The maximum Gasteiger partial charge on any atom is 0.337 e. The van der Waals surface area contributed by atoms with E-state index in [4.69, 9.17) is 20.9 Å². The van der Waals surface area contributed by atoms with Crippen molar-refractivity contribution in [2.75, 3.05) is 0 Å². The Morgan fingerprint density at radius 3 is 2.78 bits per heavy atom. The second-order valence-corrected chi connectivity index (χ2v) is 7.39. The molecule has 0 aliphatic carbocycles. The van der Waals surface area contributed by atoms with E-state index in [2.05, 4.69) is 5.16 Å². The lowest BCUT2D eigenvalue weighted by Crippen LogP contribution is -1.98. The third-order valence-corrected chi connectivity index (χ3v) is 5.36. The van der Waals surface area contributed by atoms with Crippen LogP contribution in [0.3, 0.4) is 0 Å². The van der Waals surface area contributed by atoms with Crippen LogP contribution in [0.25, 0.3) is 21.4 Å². The number of aromatic carboxylic acids is 1. The lowest BCUT2D eigenvalue weighted by atomic mass is 10.1. The molecule has 0 fully saturated rings. The minimum atomic E-state index is -0.924. The first-order valence-electron chi connectivity index (χ1n) is 8.11. The summed E-state index contributed by atoms with van der Waals surface area (Å²) >= 11 is 7.28. The smallest absolute Gasteiger partial charge is 0.337 e. The Kier molecular flexibility index (Phi) is 4.59. The molecule has 4 rings (SSSR count). The Balaban J connectivity index is 1.53. The third-order valence-electron chi connectivity index (χ3n) is 4.16. The molecular weight excluding hydrogens is 386 g/mol. The predicted octanol–water partition coefficient (Wildman–Crippen LogP) is 5.80. The molecule has 136 valence electrons. The average molecular weight is 400 g/mol. The van der Waals surface area contributed by atoms with Crippen LogP contribution < -0.4 is 4.74 Å². The van der Waals surface area contributed by atoms with E-state index in [1.165, 1.54) is 11.3 Å². The zero-order valence-corrected chi connectivity index (χ0v) is 15.8. The number of halogens is 1. The molecule has 0 bridgehead atoms. The Morgan fingerprint density at radius 2 is 2.04 bits per heavy atom. The number of rotatable bonds is 5. The molecule has 1 N–H and O–H groups in total. The van der Waals surface area contributed by atoms with Gasteiger partial charge in [-0.05, 0) is 48.9 Å².